The molecule has 2 aliphatic rings. The standard InChI is InChI=1S/C17H23NO2/c18-14-5-3-4-13(10-14)16(19)11-12-8-9-20-17-7-2-1-6-15(12)17/h1-2,6-7,12-14H,3-5,8-11,18H2. The van der Waals surface area contributed by atoms with Crippen LogP contribution in [-0.2, 0) is 4.79 Å². The molecule has 2 N–H and O–H groups in total. The first-order valence-corrected chi connectivity index (χ1v) is 7.74. The number of ketones is 1. The molecule has 0 amide bonds. The average molecular weight is 273 g/mol. The third-order valence-corrected chi connectivity index (χ3v) is 4.70. The van der Waals surface area contributed by atoms with E-state index in [0.717, 1.165) is 44.5 Å². The van der Waals surface area contributed by atoms with E-state index in [2.05, 4.69) is 6.07 Å². The van der Waals surface area contributed by atoms with Crippen LogP contribution in [0.25, 0.3) is 0 Å². The van der Waals surface area contributed by atoms with E-state index in [9.17, 15) is 4.79 Å². The molecule has 1 aliphatic carbocycles. The summed E-state index contributed by atoms with van der Waals surface area (Å²) in [7, 11) is 0. The summed E-state index contributed by atoms with van der Waals surface area (Å²) in [5.41, 5.74) is 7.20. The zero-order chi connectivity index (χ0) is 13.9. The van der Waals surface area contributed by atoms with Crippen LogP contribution in [0, 0.1) is 5.92 Å². The van der Waals surface area contributed by atoms with E-state index in [1.165, 1.54) is 5.56 Å². The van der Waals surface area contributed by atoms with Gasteiger partial charge in [-0.3, -0.25) is 4.79 Å². The van der Waals surface area contributed by atoms with E-state index in [-0.39, 0.29) is 12.0 Å². The molecule has 3 heteroatoms. The van der Waals surface area contributed by atoms with Crippen molar-refractivity contribution in [3.8, 4) is 5.75 Å². The maximum Gasteiger partial charge on any atom is 0.136 e. The quantitative estimate of drug-likeness (QED) is 0.921. The average Bonchev–Trinajstić information content (AvgIpc) is 2.47. The minimum atomic E-state index is 0.189. The number of carbonyl (C=O) groups is 1. The van der Waals surface area contributed by atoms with Crippen molar-refractivity contribution in [2.75, 3.05) is 6.61 Å². The van der Waals surface area contributed by atoms with E-state index >= 15 is 0 Å². The number of nitrogens with two attached hydrogens (primary N) is 1. The van der Waals surface area contributed by atoms with Gasteiger partial charge in [0.05, 0.1) is 6.61 Å². The molecule has 3 atom stereocenters. The lowest BCUT2D eigenvalue weighted by Crippen LogP contribution is -2.32. The van der Waals surface area contributed by atoms with Gasteiger partial charge in [-0.25, -0.2) is 0 Å². The van der Waals surface area contributed by atoms with Gasteiger partial charge in [-0.1, -0.05) is 24.6 Å². The summed E-state index contributed by atoms with van der Waals surface area (Å²) in [5.74, 6) is 1.87. The highest BCUT2D eigenvalue weighted by atomic mass is 16.5. The Hall–Kier alpha value is -1.35. The van der Waals surface area contributed by atoms with Crippen LogP contribution in [0.3, 0.4) is 0 Å². The third-order valence-electron chi connectivity index (χ3n) is 4.70. The van der Waals surface area contributed by atoms with Gasteiger partial charge in [0.2, 0.25) is 0 Å². The molecule has 0 bridgehead atoms. The van der Waals surface area contributed by atoms with E-state index in [0.29, 0.717) is 18.1 Å². The molecule has 20 heavy (non-hydrogen) atoms. The molecule has 3 unspecified atom stereocenters. The molecule has 1 heterocycles. The Morgan fingerprint density at radius 2 is 2.10 bits per heavy atom. The van der Waals surface area contributed by atoms with Crippen molar-refractivity contribution >= 4 is 5.78 Å². The maximum absolute atomic E-state index is 12.5. The number of para-hydroxylation sites is 1. The van der Waals surface area contributed by atoms with Gasteiger partial charge in [-0.2, -0.15) is 0 Å². The lowest BCUT2D eigenvalue weighted by Gasteiger charge is -2.29. The predicted molar refractivity (Wildman–Crippen MR) is 78.9 cm³/mol. The Morgan fingerprint density at radius 1 is 1.25 bits per heavy atom. The van der Waals surface area contributed by atoms with E-state index in [4.69, 9.17) is 10.5 Å². The Kier molecular flexibility index (Phi) is 4.06. The normalized spacial score (nSPS) is 29.4. The van der Waals surface area contributed by atoms with Crippen molar-refractivity contribution in [3.63, 3.8) is 0 Å². The number of Topliss-reactive ketones (excluding diaryl/α,β-unsaturated/α-hetero) is 1. The fraction of sp³-hybridized carbons (Fsp3) is 0.588. The van der Waals surface area contributed by atoms with Crippen LogP contribution < -0.4 is 10.5 Å². The van der Waals surface area contributed by atoms with Gasteiger partial charge < -0.3 is 10.5 Å². The topological polar surface area (TPSA) is 52.3 Å². The molecule has 0 spiro atoms. The van der Waals surface area contributed by atoms with Crippen LogP contribution in [0.5, 0.6) is 5.75 Å². The Morgan fingerprint density at radius 3 is 2.95 bits per heavy atom. The second-order valence-electron chi connectivity index (χ2n) is 6.17. The third kappa shape index (κ3) is 2.88. The number of hydrogen-bond donors (Lipinski definition) is 1. The van der Waals surface area contributed by atoms with Gasteiger partial charge in [-0.15, -0.1) is 0 Å². The molecule has 1 aromatic carbocycles. The Labute approximate surface area is 120 Å². The first-order chi connectivity index (χ1) is 9.74. The van der Waals surface area contributed by atoms with E-state index in [1.54, 1.807) is 0 Å². The van der Waals surface area contributed by atoms with Crippen LogP contribution in [0.15, 0.2) is 24.3 Å². The molecular weight excluding hydrogens is 250 g/mol. The van der Waals surface area contributed by atoms with Crippen LogP contribution >= 0.6 is 0 Å². The zero-order valence-corrected chi connectivity index (χ0v) is 11.9. The summed E-state index contributed by atoms with van der Waals surface area (Å²) >= 11 is 0. The van der Waals surface area contributed by atoms with Gasteiger partial charge in [0, 0.05) is 18.4 Å². The lowest BCUT2D eigenvalue weighted by atomic mass is 9.79. The van der Waals surface area contributed by atoms with Gasteiger partial charge in [0.15, 0.2) is 0 Å². The van der Waals surface area contributed by atoms with Crippen molar-refractivity contribution in [3.05, 3.63) is 29.8 Å². The van der Waals surface area contributed by atoms with Crippen LogP contribution in [0.1, 0.15) is 50.0 Å². The second kappa shape index (κ2) is 5.96. The number of fused-ring (bicyclic) bond motifs is 1. The van der Waals surface area contributed by atoms with Crippen molar-refractivity contribution < 1.29 is 9.53 Å². The summed E-state index contributed by atoms with van der Waals surface area (Å²) in [5, 5.41) is 0. The largest absolute Gasteiger partial charge is 0.493 e. The second-order valence-corrected chi connectivity index (χ2v) is 6.17. The molecule has 1 aliphatic heterocycles. The molecule has 0 saturated heterocycles. The fourth-order valence-electron chi connectivity index (χ4n) is 3.56. The monoisotopic (exact) mass is 273 g/mol. The highest BCUT2D eigenvalue weighted by molar-refractivity contribution is 5.82. The number of carbonyl (C=O) groups excluding carboxylic acids is 1. The molecule has 1 saturated carbocycles. The van der Waals surface area contributed by atoms with Crippen molar-refractivity contribution in [1.29, 1.82) is 0 Å². The highest BCUT2D eigenvalue weighted by Crippen LogP contribution is 2.37. The molecule has 108 valence electrons. The molecule has 0 radical (unpaired) electrons. The van der Waals surface area contributed by atoms with Crippen LogP contribution in [-0.4, -0.2) is 18.4 Å². The molecule has 1 fully saturated rings. The zero-order valence-electron chi connectivity index (χ0n) is 11.9. The SMILES string of the molecule is NC1CCCC(C(=O)CC2CCOc3ccccc32)C1. The summed E-state index contributed by atoms with van der Waals surface area (Å²) in [6, 6.07) is 8.34. The molecule has 1 aromatic rings. The lowest BCUT2D eigenvalue weighted by molar-refractivity contribution is -0.124. The number of benzene rings is 1. The maximum atomic E-state index is 12.5. The summed E-state index contributed by atoms with van der Waals surface area (Å²) < 4.78 is 5.67. The van der Waals surface area contributed by atoms with E-state index < -0.39 is 0 Å². The molecule has 0 aromatic heterocycles. The number of ether oxygens (including phenoxy) is 1. The minimum Gasteiger partial charge on any atom is -0.493 e. The van der Waals surface area contributed by atoms with Gasteiger partial charge >= 0.3 is 0 Å². The first kappa shape index (κ1) is 13.6. The smallest absolute Gasteiger partial charge is 0.136 e. The van der Waals surface area contributed by atoms with Crippen molar-refractivity contribution in [2.45, 2.75) is 50.5 Å². The summed E-state index contributed by atoms with van der Waals surface area (Å²) in [4.78, 5) is 12.5. The Balaban J connectivity index is 1.68. The summed E-state index contributed by atoms with van der Waals surface area (Å²) in [6.07, 6.45) is 5.67. The van der Waals surface area contributed by atoms with Gasteiger partial charge in [0.1, 0.15) is 11.5 Å². The van der Waals surface area contributed by atoms with Gasteiger partial charge in [-0.05, 0) is 43.2 Å². The van der Waals surface area contributed by atoms with Gasteiger partial charge in [0.25, 0.3) is 0 Å². The fourth-order valence-corrected chi connectivity index (χ4v) is 3.56. The molecule has 3 nitrogen and oxygen atoms in total. The van der Waals surface area contributed by atoms with Crippen LogP contribution in [0.2, 0.25) is 0 Å². The number of hydrogen-bond acceptors (Lipinski definition) is 3. The predicted octanol–water partition coefficient (Wildman–Crippen LogP) is 3.03. The first-order valence-electron chi connectivity index (χ1n) is 7.74. The van der Waals surface area contributed by atoms with Crippen molar-refractivity contribution in [1.82, 2.24) is 0 Å². The van der Waals surface area contributed by atoms with Crippen LogP contribution in [0.4, 0.5) is 0 Å². The molecular formula is C17H23NO2. The van der Waals surface area contributed by atoms with E-state index in [1.807, 2.05) is 18.2 Å². The minimum absolute atomic E-state index is 0.189. The Bertz CT molecular complexity index is 486. The number of rotatable bonds is 3. The van der Waals surface area contributed by atoms with Crippen molar-refractivity contribution in [2.24, 2.45) is 11.7 Å². The highest BCUT2D eigenvalue weighted by Gasteiger charge is 2.29. The summed E-state index contributed by atoms with van der Waals surface area (Å²) in [6.45, 7) is 0.721. The molecule has 3 rings (SSSR count).